The normalized spacial score (nSPS) is 10.7. The zero-order chi connectivity index (χ0) is 18.4. The van der Waals surface area contributed by atoms with Crippen molar-refractivity contribution in [2.45, 2.75) is 25.5 Å². The summed E-state index contributed by atoms with van der Waals surface area (Å²) in [6.07, 6.45) is 0. The molecule has 1 N–H and O–H groups in total. The average Bonchev–Trinajstić information content (AvgIpc) is 2.99. The van der Waals surface area contributed by atoms with Crippen LogP contribution in [0, 0.1) is 16.0 Å². The fraction of sp³-hybridized carbons (Fsp3) is 0.429. The number of nitro groups is 1. The van der Waals surface area contributed by atoms with Crippen LogP contribution in [0.4, 0.5) is 11.4 Å². The Balaban J connectivity index is 1.99. The van der Waals surface area contributed by atoms with Crippen LogP contribution in [-0.4, -0.2) is 43.9 Å². The van der Waals surface area contributed by atoms with Gasteiger partial charge in [0.25, 0.3) is 5.69 Å². The van der Waals surface area contributed by atoms with Crippen molar-refractivity contribution in [1.29, 1.82) is 0 Å². The standard InChI is InChI=1S/C14H18N6O4S/c1-9(2)7-19-14(16-17-18-19)25-8-13(21)15-11-5-4-10(20(22)23)6-12(11)24-3/h4-6,9H,7-8H2,1-3H3,(H,15,21). The number of rotatable bonds is 8. The van der Waals surface area contributed by atoms with Crippen LogP contribution in [0.1, 0.15) is 13.8 Å². The average molecular weight is 366 g/mol. The third-order valence-corrected chi connectivity index (χ3v) is 4.00. The summed E-state index contributed by atoms with van der Waals surface area (Å²) in [5, 5.41) is 25.4. The molecule has 0 aliphatic carbocycles. The SMILES string of the molecule is COc1cc([N+](=O)[O-])ccc1NC(=O)CSc1nnnn1CC(C)C. The van der Waals surface area contributed by atoms with Crippen molar-refractivity contribution in [3.05, 3.63) is 28.3 Å². The molecule has 1 aromatic heterocycles. The molecule has 10 nitrogen and oxygen atoms in total. The van der Waals surface area contributed by atoms with Crippen molar-refractivity contribution in [2.24, 2.45) is 5.92 Å². The van der Waals surface area contributed by atoms with E-state index in [4.69, 9.17) is 4.74 Å². The molecule has 134 valence electrons. The number of anilines is 1. The third-order valence-electron chi connectivity index (χ3n) is 3.04. The van der Waals surface area contributed by atoms with Crippen LogP contribution < -0.4 is 10.1 Å². The van der Waals surface area contributed by atoms with Crippen LogP contribution in [0.5, 0.6) is 5.75 Å². The lowest BCUT2D eigenvalue weighted by Gasteiger charge is -2.10. The van der Waals surface area contributed by atoms with E-state index >= 15 is 0 Å². The maximum atomic E-state index is 12.1. The molecular formula is C14H18N6O4S. The lowest BCUT2D eigenvalue weighted by atomic mass is 10.2. The van der Waals surface area contributed by atoms with Crippen molar-refractivity contribution >= 4 is 29.0 Å². The number of nitro benzene ring substituents is 1. The molecule has 2 rings (SSSR count). The van der Waals surface area contributed by atoms with Gasteiger partial charge in [0.05, 0.1) is 29.5 Å². The van der Waals surface area contributed by atoms with Gasteiger partial charge in [-0.2, -0.15) is 0 Å². The van der Waals surface area contributed by atoms with Crippen LogP contribution in [-0.2, 0) is 11.3 Å². The van der Waals surface area contributed by atoms with Gasteiger partial charge in [-0.25, -0.2) is 4.68 Å². The van der Waals surface area contributed by atoms with E-state index in [0.29, 0.717) is 23.3 Å². The Hall–Kier alpha value is -2.69. The van der Waals surface area contributed by atoms with Crippen molar-refractivity contribution < 1.29 is 14.5 Å². The van der Waals surface area contributed by atoms with Crippen molar-refractivity contribution in [2.75, 3.05) is 18.2 Å². The maximum Gasteiger partial charge on any atom is 0.273 e. The van der Waals surface area contributed by atoms with Gasteiger partial charge >= 0.3 is 0 Å². The highest BCUT2D eigenvalue weighted by atomic mass is 32.2. The van der Waals surface area contributed by atoms with Gasteiger partial charge < -0.3 is 10.1 Å². The van der Waals surface area contributed by atoms with E-state index in [-0.39, 0.29) is 23.1 Å². The number of carbonyl (C=O) groups excluding carboxylic acids is 1. The molecule has 1 heterocycles. The Morgan fingerprint density at radius 3 is 2.88 bits per heavy atom. The Morgan fingerprint density at radius 2 is 2.24 bits per heavy atom. The number of hydrogen-bond donors (Lipinski definition) is 1. The number of aromatic nitrogens is 4. The summed E-state index contributed by atoms with van der Waals surface area (Å²) in [4.78, 5) is 22.4. The van der Waals surface area contributed by atoms with E-state index in [2.05, 4.69) is 20.8 Å². The fourth-order valence-electron chi connectivity index (χ4n) is 1.97. The molecule has 0 saturated carbocycles. The topological polar surface area (TPSA) is 125 Å². The van der Waals surface area contributed by atoms with Gasteiger partial charge in [-0.15, -0.1) is 5.10 Å². The summed E-state index contributed by atoms with van der Waals surface area (Å²) in [5.41, 5.74) is 0.248. The first kappa shape index (κ1) is 18.6. The van der Waals surface area contributed by atoms with Crippen molar-refractivity contribution in [3.8, 4) is 5.75 Å². The smallest absolute Gasteiger partial charge is 0.273 e. The van der Waals surface area contributed by atoms with Crippen molar-refractivity contribution in [1.82, 2.24) is 20.2 Å². The van der Waals surface area contributed by atoms with Crippen LogP contribution in [0.2, 0.25) is 0 Å². The minimum Gasteiger partial charge on any atom is -0.494 e. The molecular weight excluding hydrogens is 348 g/mol. The van der Waals surface area contributed by atoms with E-state index in [0.717, 1.165) is 0 Å². The van der Waals surface area contributed by atoms with Gasteiger partial charge in [-0.3, -0.25) is 14.9 Å². The van der Waals surface area contributed by atoms with Crippen LogP contribution in [0.3, 0.4) is 0 Å². The molecule has 25 heavy (non-hydrogen) atoms. The lowest BCUT2D eigenvalue weighted by Crippen LogP contribution is -2.16. The predicted octanol–water partition coefficient (Wildman–Crippen LogP) is 1.98. The second kappa shape index (κ2) is 8.42. The summed E-state index contributed by atoms with van der Waals surface area (Å²) in [5.74, 6) is 0.396. The zero-order valence-corrected chi connectivity index (χ0v) is 14.8. The number of amides is 1. The largest absolute Gasteiger partial charge is 0.494 e. The monoisotopic (exact) mass is 366 g/mol. The molecule has 2 aromatic rings. The first-order valence-corrected chi connectivity index (χ1v) is 8.40. The number of carbonyl (C=O) groups is 1. The second-order valence-corrected chi connectivity index (χ2v) is 6.46. The first-order chi connectivity index (χ1) is 11.9. The van der Waals surface area contributed by atoms with Gasteiger partial charge in [0, 0.05) is 12.6 Å². The minimum atomic E-state index is -0.529. The van der Waals surface area contributed by atoms with Crippen molar-refractivity contribution in [3.63, 3.8) is 0 Å². The number of hydrogen-bond acceptors (Lipinski definition) is 8. The molecule has 0 aliphatic heterocycles. The Bertz CT molecular complexity index is 764. The first-order valence-electron chi connectivity index (χ1n) is 7.42. The molecule has 0 bridgehead atoms. The quantitative estimate of drug-likeness (QED) is 0.427. The van der Waals surface area contributed by atoms with E-state index in [9.17, 15) is 14.9 Å². The number of ether oxygens (including phenoxy) is 1. The second-order valence-electron chi connectivity index (χ2n) is 5.52. The number of tetrazole rings is 1. The highest BCUT2D eigenvalue weighted by Gasteiger charge is 2.15. The van der Waals surface area contributed by atoms with Gasteiger partial charge in [0.1, 0.15) is 5.75 Å². The molecule has 0 radical (unpaired) electrons. The molecule has 0 aliphatic rings. The number of nitrogens with zero attached hydrogens (tertiary/aromatic N) is 5. The summed E-state index contributed by atoms with van der Waals surface area (Å²) < 4.78 is 6.74. The number of benzene rings is 1. The van der Waals surface area contributed by atoms with Crippen LogP contribution >= 0.6 is 11.8 Å². The predicted molar refractivity (Wildman–Crippen MR) is 91.7 cm³/mol. The summed E-state index contributed by atoms with van der Waals surface area (Å²) in [6.45, 7) is 4.75. The molecule has 1 aromatic carbocycles. The molecule has 1 amide bonds. The van der Waals surface area contributed by atoms with Crippen LogP contribution in [0.25, 0.3) is 0 Å². The maximum absolute atomic E-state index is 12.1. The molecule has 0 unspecified atom stereocenters. The summed E-state index contributed by atoms with van der Waals surface area (Å²) in [7, 11) is 1.38. The van der Waals surface area contributed by atoms with Gasteiger partial charge in [0.2, 0.25) is 11.1 Å². The molecule has 11 heteroatoms. The molecule has 0 fully saturated rings. The Kier molecular flexibility index (Phi) is 6.28. The number of thioether (sulfide) groups is 1. The van der Waals surface area contributed by atoms with Crippen LogP contribution in [0.15, 0.2) is 23.4 Å². The zero-order valence-electron chi connectivity index (χ0n) is 14.0. The van der Waals surface area contributed by atoms with E-state index in [1.165, 1.54) is 37.1 Å². The third kappa shape index (κ3) is 5.14. The van der Waals surface area contributed by atoms with E-state index in [1.807, 2.05) is 13.8 Å². The van der Waals surface area contributed by atoms with E-state index in [1.54, 1.807) is 4.68 Å². The minimum absolute atomic E-state index is 0.0958. The van der Waals surface area contributed by atoms with Gasteiger partial charge in [0.15, 0.2) is 0 Å². The summed E-state index contributed by atoms with van der Waals surface area (Å²) >= 11 is 1.21. The highest BCUT2D eigenvalue weighted by molar-refractivity contribution is 7.99. The van der Waals surface area contributed by atoms with Gasteiger partial charge in [-0.05, 0) is 22.4 Å². The molecule has 0 spiro atoms. The molecule has 0 atom stereocenters. The molecule has 0 saturated heterocycles. The summed E-state index contributed by atoms with van der Waals surface area (Å²) in [6, 6.07) is 3.99. The van der Waals surface area contributed by atoms with Gasteiger partial charge in [-0.1, -0.05) is 25.6 Å². The fourth-order valence-corrected chi connectivity index (χ4v) is 2.66. The number of methoxy groups -OCH3 is 1. The highest BCUT2D eigenvalue weighted by Crippen LogP contribution is 2.29. The number of non-ortho nitro benzene ring substituents is 1. The Labute approximate surface area is 148 Å². The lowest BCUT2D eigenvalue weighted by molar-refractivity contribution is -0.384. The number of nitrogens with one attached hydrogen (secondary N) is 1. The van der Waals surface area contributed by atoms with E-state index < -0.39 is 4.92 Å². The Morgan fingerprint density at radius 1 is 1.48 bits per heavy atom.